The van der Waals surface area contributed by atoms with Gasteiger partial charge in [-0.15, -0.1) is 0 Å². The van der Waals surface area contributed by atoms with E-state index in [0.717, 1.165) is 30.5 Å². The maximum absolute atomic E-state index is 13.6. The Balaban J connectivity index is 1.69. The van der Waals surface area contributed by atoms with Crippen LogP contribution in [-0.2, 0) is 6.42 Å². The van der Waals surface area contributed by atoms with Gasteiger partial charge in [-0.05, 0) is 42.7 Å². The monoisotopic (exact) mass is 318 g/mol. The van der Waals surface area contributed by atoms with Gasteiger partial charge in [-0.2, -0.15) is 0 Å². The normalized spacial score (nSPS) is 15.2. The Labute approximate surface area is 132 Å². The Bertz CT molecular complexity index is 743. The van der Waals surface area contributed by atoms with Crippen molar-refractivity contribution in [2.45, 2.75) is 25.4 Å². The van der Waals surface area contributed by atoms with Crippen molar-refractivity contribution in [3.8, 4) is 5.75 Å². The lowest BCUT2D eigenvalue weighted by Crippen LogP contribution is -2.13. The predicted molar refractivity (Wildman–Crippen MR) is 80.5 cm³/mol. The number of rotatable bonds is 4. The van der Waals surface area contributed by atoms with E-state index in [1.807, 2.05) is 0 Å². The van der Waals surface area contributed by atoms with Gasteiger partial charge in [0, 0.05) is 23.6 Å². The molecular weight excluding hydrogens is 302 g/mol. The van der Waals surface area contributed by atoms with Crippen LogP contribution in [0, 0.1) is 11.6 Å². The summed E-state index contributed by atoms with van der Waals surface area (Å²) in [4.78, 5) is 11.8. The number of halogens is 2. The summed E-state index contributed by atoms with van der Waals surface area (Å²) < 4.78 is 32.0. The average molecular weight is 318 g/mol. The fraction of sp³-hybridized carbons (Fsp3) is 0.278. The lowest BCUT2D eigenvalue weighted by molar-refractivity contribution is 0.0970. The molecule has 0 aromatic heterocycles. The zero-order chi connectivity index (χ0) is 16.4. The number of fused-ring (bicyclic) bond motifs is 1. The van der Waals surface area contributed by atoms with Gasteiger partial charge >= 0.3 is 0 Å². The van der Waals surface area contributed by atoms with E-state index < -0.39 is 17.7 Å². The van der Waals surface area contributed by atoms with Crippen molar-refractivity contribution in [2.24, 2.45) is 0 Å². The first kappa shape index (κ1) is 15.6. The Morgan fingerprint density at radius 3 is 2.74 bits per heavy atom. The third kappa shape index (κ3) is 3.40. The highest BCUT2D eigenvalue weighted by Crippen LogP contribution is 2.26. The van der Waals surface area contributed by atoms with Crippen LogP contribution in [0.25, 0.3) is 0 Å². The van der Waals surface area contributed by atoms with Crippen molar-refractivity contribution in [2.75, 3.05) is 6.61 Å². The third-order valence-electron chi connectivity index (χ3n) is 3.96. The van der Waals surface area contributed by atoms with E-state index in [4.69, 9.17) is 4.74 Å². The van der Waals surface area contributed by atoms with Crippen molar-refractivity contribution in [3.63, 3.8) is 0 Å². The highest BCUT2D eigenvalue weighted by atomic mass is 19.1. The van der Waals surface area contributed by atoms with Gasteiger partial charge in [0.15, 0.2) is 5.78 Å². The molecule has 0 aliphatic heterocycles. The van der Waals surface area contributed by atoms with Gasteiger partial charge in [0.05, 0.1) is 0 Å². The molecule has 0 saturated carbocycles. The molecule has 0 spiro atoms. The van der Waals surface area contributed by atoms with Crippen molar-refractivity contribution in [1.82, 2.24) is 0 Å². The average Bonchev–Trinajstić information content (AvgIpc) is 2.53. The quantitative estimate of drug-likeness (QED) is 0.937. The zero-order valence-electron chi connectivity index (χ0n) is 12.4. The van der Waals surface area contributed by atoms with Gasteiger partial charge in [-0.1, -0.05) is 6.07 Å². The fourth-order valence-corrected chi connectivity index (χ4v) is 2.75. The minimum absolute atomic E-state index is 0.0143. The fourth-order valence-electron chi connectivity index (χ4n) is 2.75. The Morgan fingerprint density at radius 1 is 1.13 bits per heavy atom. The van der Waals surface area contributed by atoms with Crippen molar-refractivity contribution in [3.05, 3.63) is 64.7 Å². The van der Waals surface area contributed by atoms with Crippen LogP contribution < -0.4 is 4.74 Å². The first-order valence-electron chi connectivity index (χ1n) is 7.46. The molecule has 0 heterocycles. The van der Waals surface area contributed by atoms with Gasteiger partial charge in [0.2, 0.25) is 0 Å². The number of hydrogen-bond acceptors (Lipinski definition) is 3. The number of aliphatic hydroxyl groups is 1. The Kier molecular flexibility index (Phi) is 4.39. The number of ketones is 1. The number of carbonyl (C=O) groups is 1. The van der Waals surface area contributed by atoms with E-state index in [-0.39, 0.29) is 18.0 Å². The highest BCUT2D eigenvalue weighted by molar-refractivity contribution is 5.98. The summed E-state index contributed by atoms with van der Waals surface area (Å²) in [6.07, 6.45) is 0.996. The summed E-state index contributed by atoms with van der Waals surface area (Å²) in [7, 11) is 0. The molecule has 120 valence electrons. The van der Waals surface area contributed by atoms with Crippen LogP contribution in [0.5, 0.6) is 5.75 Å². The smallest absolute Gasteiger partial charge is 0.163 e. The molecule has 1 aliphatic rings. The van der Waals surface area contributed by atoms with Gasteiger partial charge in [-0.25, -0.2) is 8.78 Å². The summed E-state index contributed by atoms with van der Waals surface area (Å²) in [6.45, 7) is -0.157. The molecule has 3 rings (SSSR count). The molecule has 1 N–H and O–H groups in total. The second-order valence-corrected chi connectivity index (χ2v) is 5.59. The first-order valence-corrected chi connectivity index (χ1v) is 7.46. The molecule has 0 radical (unpaired) electrons. The van der Waals surface area contributed by atoms with E-state index in [0.29, 0.717) is 17.7 Å². The van der Waals surface area contributed by atoms with Crippen LogP contribution in [0.4, 0.5) is 8.78 Å². The number of ether oxygens (including phenoxy) is 1. The van der Waals surface area contributed by atoms with Gasteiger partial charge in [0.25, 0.3) is 0 Å². The van der Waals surface area contributed by atoms with E-state index in [9.17, 15) is 18.7 Å². The highest BCUT2D eigenvalue weighted by Gasteiger charge is 2.18. The third-order valence-corrected chi connectivity index (χ3v) is 3.96. The van der Waals surface area contributed by atoms with Crippen LogP contribution in [-0.4, -0.2) is 17.5 Å². The first-order chi connectivity index (χ1) is 11.0. The standard InChI is InChI=1S/C18H16F2O3/c19-12-4-6-15(16(20)9-12)18(22)10-23-13-5-7-14-11(8-13)2-1-3-17(14)21/h4-9,18,22H,1-3,10H2. The van der Waals surface area contributed by atoms with E-state index in [1.54, 1.807) is 18.2 Å². The lowest BCUT2D eigenvalue weighted by Gasteiger charge is -2.17. The number of aliphatic hydroxyl groups excluding tert-OH is 1. The minimum Gasteiger partial charge on any atom is -0.491 e. The van der Waals surface area contributed by atoms with E-state index in [2.05, 4.69) is 0 Å². The number of Topliss-reactive ketones (excluding diaryl/α,β-unsaturated/α-hetero) is 1. The van der Waals surface area contributed by atoms with Gasteiger partial charge in [0.1, 0.15) is 30.1 Å². The molecule has 0 fully saturated rings. The maximum Gasteiger partial charge on any atom is 0.163 e. The second kappa shape index (κ2) is 6.46. The molecular formula is C18H16F2O3. The Morgan fingerprint density at radius 2 is 1.96 bits per heavy atom. The SMILES string of the molecule is O=C1CCCc2cc(OCC(O)c3ccc(F)cc3F)ccc21. The number of benzene rings is 2. The molecule has 0 bridgehead atoms. The van der Waals surface area contributed by atoms with Crippen LogP contribution in [0.2, 0.25) is 0 Å². The molecule has 2 aromatic carbocycles. The molecule has 3 nitrogen and oxygen atoms in total. The molecule has 1 unspecified atom stereocenters. The summed E-state index contributed by atoms with van der Waals surface area (Å²) in [5, 5.41) is 9.99. The topological polar surface area (TPSA) is 46.5 Å². The van der Waals surface area contributed by atoms with Crippen LogP contribution >= 0.6 is 0 Å². The second-order valence-electron chi connectivity index (χ2n) is 5.59. The van der Waals surface area contributed by atoms with Crippen molar-refractivity contribution >= 4 is 5.78 Å². The number of aryl methyl sites for hydroxylation is 1. The minimum atomic E-state index is -1.20. The van der Waals surface area contributed by atoms with Crippen LogP contribution in [0.15, 0.2) is 36.4 Å². The van der Waals surface area contributed by atoms with Gasteiger partial charge in [-0.3, -0.25) is 4.79 Å². The molecule has 5 heteroatoms. The number of hydrogen-bond donors (Lipinski definition) is 1. The summed E-state index contributed by atoms with van der Waals surface area (Å²) in [5.74, 6) is -0.859. The molecule has 2 aromatic rings. The molecule has 0 saturated heterocycles. The molecule has 1 aliphatic carbocycles. The number of carbonyl (C=O) groups excluding carboxylic acids is 1. The molecule has 1 atom stereocenters. The maximum atomic E-state index is 13.6. The summed E-state index contributed by atoms with van der Waals surface area (Å²) >= 11 is 0. The van der Waals surface area contributed by atoms with Crippen LogP contribution in [0.3, 0.4) is 0 Å². The molecule has 0 amide bonds. The van der Waals surface area contributed by atoms with Crippen LogP contribution in [0.1, 0.15) is 40.4 Å². The van der Waals surface area contributed by atoms with Crippen molar-refractivity contribution in [1.29, 1.82) is 0 Å². The Hall–Kier alpha value is -2.27. The lowest BCUT2D eigenvalue weighted by atomic mass is 9.90. The summed E-state index contributed by atoms with van der Waals surface area (Å²) in [6, 6.07) is 8.17. The molecule has 23 heavy (non-hydrogen) atoms. The van der Waals surface area contributed by atoms with Crippen molar-refractivity contribution < 1.29 is 23.4 Å². The van der Waals surface area contributed by atoms with E-state index in [1.165, 1.54) is 6.07 Å². The largest absolute Gasteiger partial charge is 0.491 e. The predicted octanol–water partition coefficient (Wildman–Crippen LogP) is 3.60. The van der Waals surface area contributed by atoms with Gasteiger partial charge < -0.3 is 9.84 Å². The zero-order valence-corrected chi connectivity index (χ0v) is 12.4. The summed E-state index contributed by atoms with van der Waals surface area (Å²) in [5.41, 5.74) is 1.63. The van der Waals surface area contributed by atoms with E-state index >= 15 is 0 Å².